The van der Waals surface area contributed by atoms with Crippen LogP contribution in [0, 0.1) is 6.92 Å². The van der Waals surface area contributed by atoms with Crippen molar-refractivity contribution in [2.75, 3.05) is 11.1 Å². The summed E-state index contributed by atoms with van der Waals surface area (Å²) in [4.78, 5) is 12.0. The van der Waals surface area contributed by atoms with E-state index in [-0.39, 0.29) is 16.8 Å². The zero-order valence-electron chi connectivity index (χ0n) is 13.8. The molecule has 0 fully saturated rings. The highest BCUT2D eigenvalue weighted by molar-refractivity contribution is 7.92. The minimum Gasteiger partial charge on any atom is -0.401 e. The molecule has 0 saturated heterocycles. The molecular weight excluding hydrogens is 382 g/mol. The number of aromatic nitrogens is 4. The number of benzene rings is 1. The molecule has 0 aliphatic heterocycles. The second-order valence-corrected chi connectivity index (χ2v) is 7.89. The summed E-state index contributed by atoms with van der Waals surface area (Å²) >= 11 is 5.73. The van der Waals surface area contributed by atoms with Crippen LogP contribution in [0.2, 0.25) is 5.02 Å². The Bertz CT molecular complexity index is 1060. The summed E-state index contributed by atoms with van der Waals surface area (Å²) in [5.41, 5.74) is 1.34. The second-order valence-electron chi connectivity index (χ2n) is 5.47. The molecule has 0 saturated carbocycles. The van der Waals surface area contributed by atoms with E-state index in [1.54, 1.807) is 17.8 Å². The molecule has 3 aromatic rings. The van der Waals surface area contributed by atoms with Gasteiger partial charge >= 0.3 is 6.01 Å². The van der Waals surface area contributed by atoms with E-state index in [4.69, 9.17) is 16.0 Å². The molecule has 136 valence electrons. The molecule has 2 heterocycles. The molecule has 2 aromatic heterocycles. The van der Waals surface area contributed by atoms with Crippen molar-refractivity contribution in [3.05, 3.63) is 41.0 Å². The van der Waals surface area contributed by atoms with E-state index in [0.717, 1.165) is 5.69 Å². The van der Waals surface area contributed by atoms with Crippen molar-refractivity contribution in [1.82, 2.24) is 20.0 Å². The summed E-state index contributed by atoms with van der Waals surface area (Å²) in [6.45, 7) is 1.81. The first kappa shape index (κ1) is 18.1. The van der Waals surface area contributed by atoms with Crippen molar-refractivity contribution in [3.8, 4) is 11.6 Å². The second kappa shape index (κ2) is 6.89. The number of hydrogen-bond donors (Lipinski definition) is 1. The first-order valence-electron chi connectivity index (χ1n) is 7.37. The van der Waals surface area contributed by atoms with Crippen LogP contribution >= 0.6 is 11.6 Å². The van der Waals surface area contributed by atoms with Crippen LogP contribution in [0.4, 0.5) is 6.01 Å². The van der Waals surface area contributed by atoms with Crippen LogP contribution in [0.1, 0.15) is 5.69 Å². The van der Waals surface area contributed by atoms with Crippen molar-refractivity contribution in [2.24, 2.45) is 7.05 Å². The number of amides is 1. The van der Waals surface area contributed by atoms with Gasteiger partial charge in [0.1, 0.15) is 11.4 Å². The number of halogens is 1. The fraction of sp³-hybridized carbons (Fsp3) is 0.200. The van der Waals surface area contributed by atoms with E-state index in [1.165, 1.54) is 24.3 Å². The number of hydrogen-bond acceptors (Lipinski definition) is 7. The van der Waals surface area contributed by atoms with Crippen LogP contribution in [-0.2, 0) is 21.7 Å². The normalized spacial score (nSPS) is 11.5. The fourth-order valence-electron chi connectivity index (χ4n) is 2.24. The maximum absolute atomic E-state index is 12.2. The average molecular weight is 396 g/mol. The quantitative estimate of drug-likeness (QED) is 0.699. The van der Waals surface area contributed by atoms with Gasteiger partial charge in [-0.2, -0.15) is 5.10 Å². The van der Waals surface area contributed by atoms with Crippen molar-refractivity contribution in [3.63, 3.8) is 0 Å². The first-order chi connectivity index (χ1) is 12.2. The van der Waals surface area contributed by atoms with Crippen LogP contribution in [0.15, 0.2) is 39.6 Å². The van der Waals surface area contributed by atoms with E-state index in [2.05, 4.69) is 20.6 Å². The van der Waals surface area contributed by atoms with Gasteiger partial charge in [-0.1, -0.05) is 16.7 Å². The molecule has 11 heteroatoms. The number of carbonyl (C=O) groups is 1. The van der Waals surface area contributed by atoms with Gasteiger partial charge in [-0.3, -0.25) is 14.8 Å². The van der Waals surface area contributed by atoms with E-state index < -0.39 is 21.5 Å². The SMILES string of the molecule is Cc1cc(-c2nnc(NC(=O)CS(=O)(=O)c3ccc(Cl)cc3)o2)n(C)n1. The molecule has 0 bridgehead atoms. The third kappa shape index (κ3) is 3.92. The van der Waals surface area contributed by atoms with Crippen molar-refractivity contribution >= 4 is 33.4 Å². The van der Waals surface area contributed by atoms with Gasteiger partial charge < -0.3 is 4.42 Å². The molecule has 1 amide bonds. The smallest absolute Gasteiger partial charge is 0.322 e. The molecule has 26 heavy (non-hydrogen) atoms. The Morgan fingerprint density at radius 3 is 2.58 bits per heavy atom. The van der Waals surface area contributed by atoms with Gasteiger partial charge in [-0.25, -0.2) is 8.42 Å². The van der Waals surface area contributed by atoms with Gasteiger partial charge in [-0.15, -0.1) is 5.10 Å². The molecule has 1 N–H and O–H groups in total. The standard InChI is InChI=1S/C15H14ClN5O4S/c1-9-7-12(21(2)20-9)14-18-19-15(25-14)17-13(22)8-26(23,24)11-5-3-10(16)4-6-11/h3-7H,8H2,1-2H3,(H,17,19,22). The highest BCUT2D eigenvalue weighted by Gasteiger charge is 2.21. The summed E-state index contributed by atoms with van der Waals surface area (Å²) < 4.78 is 31.4. The van der Waals surface area contributed by atoms with Crippen molar-refractivity contribution in [2.45, 2.75) is 11.8 Å². The van der Waals surface area contributed by atoms with Gasteiger partial charge in [0.15, 0.2) is 9.84 Å². The lowest BCUT2D eigenvalue weighted by atomic mass is 10.4. The molecule has 1 aromatic carbocycles. The molecule has 0 radical (unpaired) electrons. The van der Waals surface area contributed by atoms with Crippen molar-refractivity contribution < 1.29 is 17.6 Å². The monoisotopic (exact) mass is 395 g/mol. The molecule has 0 atom stereocenters. The average Bonchev–Trinajstić information content (AvgIpc) is 3.13. The van der Waals surface area contributed by atoms with E-state index in [9.17, 15) is 13.2 Å². The number of aryl methyl sites for hydroxylation is 2. The summed E-state index contributed by atoms with van der Waals surface area (Å²) in [6, 6.07) is 7.08. The lowest BCUT2D eigenvalue weighted by molar-refractivity contribution is -0.114. The predicted molar refractivity (Wildman–Crippen MR) is 93.4 cm³/mol. The minimum atomic E-state index is -3.82. The number of rotatable bonds is 5. The van der Waals surface area contributed by atoms with Crippen molar-refractivity contribution in [1.29, 1.82) is 0 Å². The number of carbonyl (C=O) groups excluding carboxylic acids is 1. The molecule has 3 rings (SSSR count). The van der Waals surface area contributed by atoms with Crippen LogP contribution in [0.25, 0.3) is 11.6 Å². The molecule has 0 aliphatic rings. The van der Waals surface area contributed by atoms with E-state index >= 15 is 0 Å². The summed E-state index contributed by atoms with van der Waals surface area (Å²) in [6.07, 6.45) is 0. The Morgan fingerprint density at radius 1 is 1.27 bits per heavy atom. The Balaban J connectivity index is 1.71. The topological polar surface area (TPSA) is 120 Å². The van der Waals surface area contributed by atoms with Gasteiger partial charge in [-0.05, 0) is 37.3 Å². The van der Waals surface area contributed by atoms with Crippen LogP contribution < -0.4 is 5.32 Å². The molecular formula is C15H14ClN5O4S. The molecule has 9 nitrogen and oxygen atoms in total. The van der Waals surface area contributed by atoms with Gasteiger partial charge in [0.2, 0.25) is 5.91 Å². The predicted octanol–water partition coefficient (Wildman–Crippen LogP) is 1.84. The van der Waals surface area contributed by atoms with E-state index in [0.29, 0.717) is 10.7 Å². The van der Waals surface area contributed by atoms with Crippen LogP contribution in [0.5, 0.6) is 0 Å². The number of sulfone groups is 1. The fourth-order valence-corrected chi connectivity index (χ4v) is 3.50. The van der Waals surface area contributed by atoms with Gasteiger partial charge in [0.05, 0.1) is 10.6 Å². The van der Waals surface area contributed by atoms with Crippen LogP contribution in [-0.4, -0.2) is 40.1 Å². The maximum atomic E-state index is 12.2. The third-order valence-electron chi connectivity index (χ3n) is 3.39. The number of anilines is 1. The molecule has 0 aliphatic carbocycles. The lowest BCUT2D eigenvalue weighted by Gasteiger charge is -2.04. The zero-order valence-corrected chi connectivity index (χ0v) is 15.4. The largest absolute Gasteiger partial charge is 0.401 e. The zero-order chi connectivity index (χ0) is 18.9. The molecule has 0 spiro atoms. The number of nitrogens with zero attached hydrogens (tertiary/aromatic N) is 4. The minimum absolute atomic E-state index is 0.00590. The van der Waals surface area contributed by atoms with Gasteiger partial charge in [0, 0.05) is 12.1 Å². The number of nitrogens with one attached hydrogen (secondary N) is 1. The molecule has 0 unspecified atom stereocenters. The summed E-state index contributed by atoms with van der Waals surface area (Å²) in [5, 5.41) is 14.4. The van der Waals surface area contributed by atoms with E-state index in [1.807, 2.05) is 6.92 Å². The third-order valence-corrected chi connectivity index (χ3v) is 5.27. The lowest BCUT2D eigenvalue weighted by Crippen LogP contribution is -2.23. The maximum Gasteiger partial charge on any atom is 0.322 e. The Kier molecular flexibility index (Phi) is 4.79. The highest BCUT2D eigenvalue weighted by atomic mass is 35.5. The highest BCUT2D eigenvalue weighted by Crippen LogP contribution is 2.20. The van der Waals surface area contributed by atoms with Gasteiger partial charge in [0.25, 0.3) is 5.89 Å². The summed E-state index contributed by atoms with van der Waals surface area (Å²) in [5.74, 6) is -1.41. The summed E-state index contributed by atoms with van der Waals surface area (Å²) in [7, 11) is -2.11. The Labute approximate surface area is 153 Å². The first-order valence-corrected chi connectivity index (χ1v) is 9.40. The Morgan fingerprint density at radius 2 is 1.96 bits per heavy atom. The Hall–Kier alpha value is -2.72. The van der Waals surface area contributed by atoms with Crippen LogP contribution in [0.3, 0.4) is 0 Å².